The van der Waals surface area contributed by atoms with E-state index in [1.807, 2.05) is 18.7 Å². The van der Waals surface area contributed by atoms with E-state index in [1.54, 1.807) is 25.6 Å². The van der Waals surface area contributed by atoms with E-state index in [9.17, 15) is 0 Å². The Hall–Kier alpha value is -1.30. The van der Waals surface area contributed by atoms with E-state index < -0.39 is 0 Å². The van der Waals surface area contributed by atoms with Crippen LogP contribution in [0.15, 0.2) is 18.5 Å². The minimum atomic E-state index is -0.225. The van der Waals surface area contributed by atoms with E-state index in [4.69, 9.17) is 27.9 Å². The zero-order valence-electron chi connectivity index (χ0n) is 11.5. The summed E-state index contributed by atoms with van der Waals surface area (Å²) in [7, 11) is 3.45. The molecule has 0 bridgehead atoms. The third-order valence-corrected chi connectivity index (χ3v) is 3.55. The van der Waals surface area contributed by atoms with Crippen molar-refractivity contribution in [3.05, 3.63) is 39.9 Å². The molecule has 0 amide bonds. The molecule has 0 aliphatic heterocycles. The van der Waals surface area contributed by atoms with Gasteiger partial charge in [-0.05, 0) is 20.0 Å². The third-order valence-electron chi connectivity index (χ3n) is 3.04. The zero-order chi connectivity index (χ0) is 14.7. The molecule has 1 N–H and O–H groups in total. The smallest absolute Gasteiger partial charge is 0.161 e. The van der Waals surface area contributed by atoms with Crippen LogP contribution in [0, 0.1) is 0 Å². The fraction of sp³-hybridized carbons (Fsp3) is 0.385. The fourth-order valence-electron chi connectivity index (χ4n) is 2.12. The molecule has 2 aromatic heterocycles. The Kier molecular flexibility index (Phi) is 4.86. The molecule has 0 fully saturated rings. The fourth-order valence-corrected chi connectivity index (χ4v) is 2.61. The molecule has 1 atom stereocenters. The summed E-state index contributed by atoms with van der Waals surface area (Å²) in [5.41, 5.74) is 1.57. The second kappa shape index (κ2) is 6.43. The minimum absolute atomic E-state index is 0.225. The number of aromatic nitrogens is 3. The van der Waals surface area contributed by atoms with Crippen LogP contribution in [-0.4, -0.2) is 28.9 Å². The van der Waals surface area contributed by atoms with Crippen molar-refractivity contribution < 1.29 is 4.74 Å². The number of aryl methyl sites for hydroxylation is 1. The lowest BCUT2D eigenvalue weighted by Gasteiger charge is -2.19. The van der Waals surface area contributed by atoms with Crippen molar-refractivity contribution in [2.45, 2.75) is 19.5 Å². The summed E-state index contributed by atoms with van der Waals surface area (Å²) in [6, 6.07) is 1.45. The Balaban J connectivity index is 2.54. The van der Waals surface area contributed by atoms with Crippen LogP contribution in [0.4, 0.5) is 0 Å². The molecule has 7 heteroatoms. The lowest BCUT2D eigenvalue weighted by molar-refractivity contribution is 0.400. The number of hydrogen-bond acceptors (Lipinski definition) is 4. The third kappa shape index (κ3) is 2.75. The van der Waals surface area contributed by atoms with E-state index in [2.05, 4.69) is 15.4 Å². The van der Waals surface area contributed by atoms with Crippen LogP contribution in [0.3, 0.4) is 0 Å². The van der Waals surface area contributed by atoms with Crippen molar-refractivity contribution in [2.75, 3.05) is 14.2 Å². The topological polar surface area (TPSA) is 52.0 Å². The average molecular weight is 315 g/mol. The molecule has 1 unspecified atom stereocenters. The van der Waals surface area contributed by atoms with Crippen LogP contribution in [0.1, 0.15) is 24.4 Å². The lowest BCUT2D eigenvalue weighted by Crippen LogP contribution is -2.23. The van der Waals surface area contributed by atoms with Gasteiger partial charge in [0.1, 0.15) is 5.69 Å². The molecule has 108 valence electrons. The Morgan fingerprint density at radius 3 is 2.70 bits per heavy atom. The van der Waals surface area contributed by atoms with Gasteiger partial charge in [0.25, 0.3) is 0 Å². The van der Waals surface area contributed by atoms with Gasteiger partial charge in [0.15, 0.2) is 5.75 Å². The van der Waals surface area contributed by atoms with E-state index in [-0.39, 0.29) is 6.04 Å². The highest BCUT2D eigenvalue weighted by molar-refractivity contribution is 6.34. The summed E-state index contributed by atoms with van der Waals surface area (Å²) in [5, 5.41) is 8.51. The lowest BCUT2D eigenvalue weighted by atomic mass is 10.1. The van der Waals surface area contributed by atoms with Crippen molar-refractivity contribution in [3.8, 4) is 5.75 Å². The predicted octanol–water partition coefficient (Wildman–Crippen LogP) is 2.92. The van der Waals surface area contributed by atoms with Crippen LogP contribution in [0.2, 0.25) is 10.0 Å². The molecule has 0 aliphatic rings. The van der Waals surface area contributed by atoms with E-state index in [0.717, 1.165) is 12.2 Å². The standard InChI is InChI=1S/C13H16Cl2N4O/c1-4-19-13(10(20-3)7-18-19)12(16-2)11-9(15)5-8(14)6-17-11/h5-7,12,16H,4H2,1-3H3. The summed E-state index contributed by atoms with van der Waals surface area (Å²) >= 11 is 12.2. The summed E-state index contributed by atoms with van der Waals surface area (Å²) < 4.78 is 7.23. The number of nitrogens with zero attached hydrogens (tertiary/aromatic N) is 3. The van der Waals surface area contributed by atoms with Gasteiger partial charge in [0.2, 0.25) is 0 Å². The summed E-state index contributed by atoms with van der Waals surface area (Å²) in [4.78, 5) is 4.33. The quantitative estimate of drug-likeness (QED) is 0.922. The molecule has 0 radical (unpaired) electrons. The number of rotatable bonds is 5. The van der Waals surface area contributed by atoms with E-state index >= 15 is 0 Å². The SMILES string of the molecule is CCn1ncc(OC)c1C(NC)c1ncc(Cl)cc1Cl. The van der Waals surface area contributed by atoms with Gasteiger partial charge in [-0.1, -0.05) is 23.2 Å². The maximum Gasteiger partial charge on any atom is 0.161 e. The van der Waals surface area contributed by atoms with Crippen molar-refractivity contribution in [3.63, 3.8) is 0 Å². The second-order valence-electron chi connectivity index (χ2n) is 4.16. The molecule has 2 rings (SSSR count). The molecular formula is C13H16Cl2N4O. The van der Waals surface area contributed by atoms with Crippen LogP contribution < -0.4 is 10.1 Å². The molecular weight excluding hydrogens is 299 g/mol. The first-order chi connectivity index (χ1) is 9.62. The van der Waals surface area contributed by atoms with Crippen LogP contribution in [0.25, 0.3) is 0 Å². The predicted molar refractivity (Wildman–Crippen MR) is 79.6 cm³/mol. The Bertz CT molecular complexity index is 579. The monoisotopic (exact) mass is 314 g/mol. The largest absolute Gasteiger partial charge is 0.493 e. The normalized spacial score (nSPS) is 12.4. The molecule has 0 spiro atoms. The second-order valence-corrected chi connectivity index (χ2v) is 5.00. The summed E-state index contributed by atoms with van der Waals surface area (Å²) in [5.74, 6) is 0.694. The molecule has 2 aromatic rings. The highest BCUT2D eigenvalue weighted by atomic mass is 35.5. The molecule has 0 aliphatic carbocycles. The van der Waals surface area contributed by atoms with Gasteiger partial charge in [-0.25, -0.2) is 0 Å². The van der Waals surface area contributed by atoms with Gasteiger partial charge in [-0.2, -0.15) is 5.10 Å². The zero-order valence-corrected chi connectivity index (χ0v) is 13.0. The van der Waals surface area contributed by atoms with Gasteiger partial charge in [0, 0.05) is 12.7 Å². The molecule has 5 nitrogen and oxygen atoms in total. The molecule has 0 aromatic carbocycles. The van der Waals surface area contributed by atoms with Gasteiger partial charge in [0.05, 0.1) is 35.1 Å². The number of ether oxygens (including phenoxy) is 1. The maximum atomic E-state index is 6.25. The van der Waals surface area contributed by atoms with Gasteiger partial charge < -0.3 is 10.1 Å². The first-order valence-corrected chi connectivity index (χ1v) is 6.95. The number of pyridine rings is 1. The molecule has 0 saturated heterocycles. The van der Waals surface area contributed by atoms with Crippen LogP contribution in [-0.2, 0) is 6.54 Å². The van der Waals surface area contributed by atoms with Crippen molar-refractivity contribution >= 4 is 23.2 Å². The number of halogens is 2. The molecule has 2 heterocycles. The maximum absolute atomic E-state index is 6.25. The van der Waals surface area contributed by atoms with Gasteiger partial charge in [-0.3, -0.25) is 9.67 Å². The Labute approximate surface area is 127 Å². The first kappa shape index (κ1) is 15.1. The van der Waals surface area contributed by atoms with E-state index in [0.29, 0.717) is 21.5 Å². The molecule has 0 saturated carbocycles. The van der Waals surface area contributed by atoms with Crippen LogP contribution >= 0.6 is 23.2 Å². The Morgan fingerprint density at radius 1 is 1.40 bits per heavy atom. The summed E-state index contributed by atoms with van der Waals surface area (Å²) in [6.45, 7) is 2.74. The van der Waals surface area contributed by atoms with Crippen LogP contribution in [0.5, 0.6) is 5.75 Å². The number of methoxy groups -OCH3 is 1. The number of nitrogens with one attached hydrogen (secondary N) is 1. The van der Waals surface area contributed by atoms with Gasteiger partial charge in [-0.15, -0.1) is 0 Å². The molecule has 20 heavy (non-hydrogen) atoms. The van der Waals surface area contributed by atoms with Crippen molar-refractivity contribution in [1.29, 1.82) is 0 Å². The first-order valence-electron chi connectivity index (χ1n) is 6.20. The highest BCUT2D eigenvalue weighted by Gasteiger charge is 2.25. The average Bonchev–Trinajstić information content (AvgIpc) is 2.85. The van der Waals surface area contributed by atoms with Gasteiger partial charge >= 0.3 is 0 Å². The van der Waals surface area contributed by atoms with E-state index in [1.165, 1.54) is 0 Å². The minimum Gasteiger partial charge on any atom is -0.493 e. The summed E-state index contributed by atoms with van der Waals surface area (Å²) in [6.07, 6.45) is 3.26. The highest BCUT2D eigenvalue weighted by Crippen LogP contribution is 2.33. The van der Waals surface area contributed by atoms with Crippen molar-refractivity contribution in [2.24, 2.45) is 0 Å². The number of hydrogen-bond donors (Lipinski definition) is 1. The Morgan fingerprint density at radius 2 is 2.15 bits per heavy atom. The van der Waals surface area contributed by atoms with Crippen molar-refractivity contribution in [1.82, 2.24) is 20.1 Å².